The van der Waals surface area contributed by atoms with Crippen LogP contribution in [0, 0.1) is 13.8 Å². The third kappa shape index (κ3) is 4.40. The van der Waals surface area contributed by atoms with Crippen LogP contribution in [0.3, 0.4) is 0 Å². The van der Waals surface area contributed by atoms with Crippen molar-refractivity contribution in [2.75, 3.05) is 40.0 Å². The summed E-state index contributed by atoms with van der Waals surface area (Å²) in [5.74, 6) is 0.830. The van der Waals surface area contributed by atoms with Gasteiger partial charge in [-0.2, -0.15) is 5.10 Å². The number of hydrogen-bond acceptors (Lipinski definition) is 5. The normalized spacial score (nSPS) is 19.6. The highest BCUT2D eigenvalue weighted by atomic mass is 16.5. The highest BCUT2D eigenvalue weighted by Crippen LogP contribution is 2.34. The Balaban J connectivity index is 1.62. The second-order valence-corrected chi connectivity index (χ2v) is 7.98. The van der Waals surface area contributed by atoms with E-state index in [1.54, 1.807) is 12.1 Å². The van der Waals surface area contributed by atoms with Crippen molar-refractivity contribution in [1.29, 1.82) is 0 Å². The maximum atomic E-state index is 13.2. The predicted molar refractivity (Wildman–Crippen MR) is 117 cm³/mol. The molecule has 1 fully saturated rings. The van der Waals surface area contributed by atoms with Crippen LogP contribution < -0.4 is 4.74 Å². The zero-order valence-corrected chi connectivity index (χ0v) is 17.9. The van der Waals surface area contributed by atoms with E-state index in [1.165, 1.54) is 11.1 Å². The fraction of sp³-hybridized carbons (Fsp3) is 0.417. The summed E-state index contributed by atoms with van der Waals surface area (Å²) in [6.45, 7) is 7.45. The van der Waals surface area contributed by atoms with Gasteiger partial charge in [0.1, 0.15) is 5.75 Å². The van der Waals surface area contributed by atoms with Gasteiger partial charge in [0.15, 0.2) is 0 Å². The van der Waals surface area contributed by atoms with Gasteiger partial charge < -0.3 is 9.47 Å². The first-order valence-electron chi connectivity index (χ1n) is 10.5. The number of amides is 1. The highest BCUT2D eigenvalue weighted by molar-refractivity contribution is 6.04. The van der Waals surface area contributed by atoms with Gasteiger partial charge in [-0.3, -0.25) is 9.69 Å². The van der Waals surface area contributed by atoms with Crippen LogP contribution in [0.5, 0.6) is 5.75 Å². The smallest absolute Gasteiger partial charge is 0.257 e. The number of methoxy groups -OCH3 is 1. The number of aryl methyl sites for hydroxylation is 2. The molecule has 2 aromatic rings. The highest BCUT2D eigenvalue weighted by Gasteiger charge is 2.34. The van der Waals surface area contributed by atoms with E-state index in [-0.39, 0.29) is 11.9 Å². The second-order valence-electron chi connectivity index (χ2n) is 7.98. The topological polar surface area (TPSA) is 54.4 Å². The Labute approximate surface area is 178 Å². The maximum Gasteiger partial charge on any atom is 0.257 e. The van der Waals surface area contributed by atoms with E-state index in [9.17, 15) is 4.79 Å². The molecule has 1 atom stereocenters. The van der Waals surface area contributed by atoms with Gasteiger partial charge in [-0.1, -0.05) is 35.9 Å². The van der Waals surface area contributed by atoms with Crippen molar-refractivity contribution in [3.63, 3.8) is 0 Å². The van der Waals surface area contributed by atoms with Crippen LogP contribution in [0.15, 0.2) is 47.6 Å². The fourth-order valence-electron chi connectivity index (χ4n) is 4.15. The summed E-state index contributed by atoms with van der Waals surface area (Å²) in [7, 11) is 1.66. The van der Waals surface area contributed by atoms with Gasteiger partial charge in [0.05, 0.1) is 38.6 Å². The van der Waals surface area contributed by atoms with Gasteiger partial charge in [-0.25, -0.2) is 5.01 Å². The van der Waals surface area contributed by atoms with Crippen LogP contribution in [-0.2, 0) is 9.53 Å². The molecule has 0 aliphatic carbocycles. The Hall–Kier alpha value is -2.70. The van der Waals surface area contributed by atoms with Crippen molar-refractivity contribution in [2.24, 2.45) is 5.10 Å². The molecule has 6 nitrogen and oxygen atoms in total. The van der Waals surface area contributed by atoms with E-state index < -0.39 is 0 Å². The Morgan fingerprint density at radius 3 is 2.53 bits per heavy atom. The number of nitrogens with zero attached hydrogens (tertiary/aromatic N) is 3. The zero-order chi connectivity index (χ0) is 21.1. The molecule has 1 amide bonds. The molecule has 0 unspecified atom stereocenters. The summed E-state index contributed by atoms with van der Waals surface area (Å²) in [5, 5.41) is 6.51. The number of hydrazone groups is 1. The van der Waals surface area contributed by atoms with E-state index in [0.29, 0.717) is 26.2 Å². The van der Waals surface area contributed by atoms with Crippen molar-refractivity contribution in [1.82, 2.24) is 9.91 Å². The van der Waals surface area contributed by atoms with Gasteiger partial charge in [0, 0.05) is 25.1 Å². The molecule has 4 rings (SSSR count). The number of carbonyl (C=O) groups is 1. The van der Waals surface area contributed by atoms with Crippen molar-refractivity contribution in [3.05, 3.63) is 64.7 Å². The number of ether oxygens (including phenoxy) is 2. The van der Waals surface area contributed by atoms with Crippen molar-refractivity contribution < 1.29 is 14.3 Å². The summed E-state index contributed by atoms with van der Waals surface area (Å²) in [5.41, 5.74) is 5.55. The lowest BCUT2D eigenvalue weighted by atomic mass is 9.95. The van der Waals surface area contributed by atoms with E-state index in [4.69, 9.17) is 14.6 Å². The molecule has 2 heterocycles. The largest absolute Gasteiger partial charge is 0.497 e. The zero-order valence-electron chi connectivity index (χ0n) is 17.9. The van der Waals surface area contributed by atoms with Crippen LogP contribution in [0.25, 0.3) is 0 Å². The molecule has 0 bridgehead atoms. The fourth-order valence-corrected chi connectivity index (χ4v) is 4.15. The first-order chi connectivity index (χ1) is 14.5. The molecule has 6 heteroatoms. The molecule has 1 saturated heterocycles. The van der Waals surface area contributed by atoms with Gasteiger partial charge >= 0.3 is 0 Å². The van der Waals surface area contributed by atoms with Crippen LogP contribution in [0.4, 0.5) is 0 Å². The quantitative estimate of drug-likeness (QED) is 0.763. The monoisotopic (exact) mass is 407 g/mol. The molecular weight excluding hydrogens is 378 g/mol. The standard InChI is InChI=1S/C24H29N3O3/c1-17-4-9-21(18(2)14-17)22-15-23(19-5-7-20(29-3)8-6-19)27(25-22)24(28)16-26-10-12-30-13-11-26/h4-9,14,23H,10-13,15-16H2,1-3H3/t23-/m1/s1. The summed E-state index contributed by atoms with van der Waals surface area (Å²) in [4.78, 5) is 15.4. The van der Waals surface area contributed by atoms with Crippen LogP contribution in [0.2, 0.25) is 0 Å². The first kappa shape index (κ1) is 20.6. The van der Waals surface area contributed by atoms with Crippen LogP contribution in [-0.4, -0.2) is 61.5 Å². The molecule has 0 saturated carbocycles. The van der Waals surface area contributed by atoms with Gasteiger partial charge in [0.25, 0.3) is 5.91 Å². The minimum atomic E-state index is -0.111. The average Bonchev–Trinajstić information content (AvgIpc) is 3.20. The summed E-state index contributed by atoms with van der Waals surface area (Å²) in [6, 6.07) is 14.2. The first-order valence-corrected chi connectivity index (χ1v) is 10.5. The second kappa shape index (κ2) is 8.98. The third-order valence-electron chi connectivity index (χ3n) is 5.82. The number of rotatable bonds is 5. The lowest BCUT2D eigenvalue weighted by Gasteiger charge is -2.29. The van der Waals surface area contributed by atoms with Gasteiger partial charge in [-0.05, 0) is 37.1 Å². The van der Waals surface area contributed by atoms with E-state index in [1.807, 2.05) is 24.3 Å². The van der Waals surface area contributed by atoms with Gasteiger partial charge in [-0.15, -0.1) is 0 Å². The van der Waals surface area contributed by atoms with Crippen LogP contribution in [0.1, 0.15) is 34.7 Å². The number of morpholine rings is 1. The Kier molecular flexibility index (Phi) is 6.16. The molecule has 0 N–H and O–H groups in total. The number of benzene rings is 2. The molecular formula is C24H29N3O3. The molecule has 0 aromatic heterocycles. The van der Waals surface area contributed by atoms with Crippen molar-refractivity contribution >= 4 is 11.6 Å². The lowest BCUT2D eigenvalue weighted by Crippen LogP contribution is -2.43. The van der Waals surface area contributed by atoms with E-state index in [0.717, 1.165) is 35.7 Å². The van der Waals surface area contributed by atoms with E-state index >= 15 is 0 Å². The lowest BCUT2D eigenvalue weighted by molar-refractivity contribution is -0.135. The molecule has 2 aliphatic rings. The Morgan fingerprint density at radius 1 is 1.13 bits per heavy atom. The predicted octanol–water partition coefficient (Wildman–Crippen LogP) is 3.32. The Morgan fingerprint density at radius 2 is 1.87 bits per heavy atom. The van der Waals surface area contributed by atoms with Gasteiger partial charge in [0.2, 0.25) is 0 Å². The van der Waals surface area contributed by atoms with Crippen molar-refractivity contribution in [3.8, 4) is 5.75 Å². The van der Waals surface area contributed by atoms with Crippen LogP contribution >= 0.6 is 0 Å². The minimum absolute atomic E-state index is 0.0254. The molecule has 2 aliphatic heterocycles. The minimum Gasteiger partial charge on any atom is -0.497 e. The molecule has 0 radical (unpaired) electrons. The maximum absolute atomic E-state index is 13.2. The SMILES string of the molecule is COc1ccc([C@H]2CC(c3ccc(C)cc3C)=NN2C(=O)CN2CCOCC2)cc1. The summed E-state index contributed by atoms with van der Waals surface area (Å²) in [6.07, 6.45) is 0.699. The third-order valence-corrected chi connectivity index (χ3v) is 5.82. The molecule has 158 valence electrons. The summed E-state index contributed by atoms with van der Waals surface area (Å²) >= 11 is 0. The van der Waals surface area contributed by atoms with Crippen molar-refractivity contribution in [2.45, 2.75) is 26.3 Å². The molecule has 30 heavy (non-hydrogen) atoms. The summed E-state index contributed by atoms with van der Waals surface area (Å²) < 4.78 is 10.7. The average molecular weight is 408 g/mol. The Bertz CT molecular complexity index is 933. The molecule has 2 aromatic carbocycles. The number of hydrogen-bond donors (Lipinski definition) is 0. The number of carbonyl (C=O) groups excluding carboxylic acids is 1. The molecule has 0 spiro atoms. The van der Waals surface area contributed by atoms with E-state index in [2.05, 4.69) is 36.9 Å².